The highest BCUT2D eigenvalue weighted by Gasteiger charge is 2.27. The Hall–Kier alpha value is -2.20. The van der Waals surface area contributed by atoms with Gasteiger partial charge in [-0.05, 0) is 36.5 Å². The third kappa shape index (κ3) is 13.9. The fourth-order valence-corrected chi connectivity index (χ4v) is 2.78. The lowest BCUT2D eigenvalue weighted by Gasteiger charge is -2.20. The van der Waals surface area contributed by atoms with Gasteiger partial charge in [0, 0.05) is 0 Å². The van der Waals surface area contributed by atoms with Crippen LogP contribution in [0.5, 0.6) is 0 Å². The zero-order valence-electron chi connectivity index (χ0n) is 16.9. The molecule has 0 heterocycles. The van der Waals surface area contributed by atoms with E-state index in [1.165, 1.54) is 0 Å². The third-order valence-electron chi connectivity index (χ3n) is 4.01. The summed E-state index contributed by atoms with van der Waals surface area (Å²) in [5, 5.41) is 34.5. The molecule has 0 aliphatic rings. The minimum Gasteiger partial charge on any atom is -0.481 e. The Kier molecular flexibility index (Phi) is 13.9. The first-order valence-corrected chi connectivity index (χ1v) is 9.09. The van der Waals surface area contributed by atoms with Crippen LogP contribution in [-0.2, 0) is 19.2 Å². The molecular weight excluding hydrogens is 372 g/mol. The lowest BCUT2D eigenvalue weighted by Crippen LogP contribution is -2.39. The summed E-state index contributed by atoms with van der Waals surface area (Å²) in [6.45, 7) is 7.62. The molecule has 28 heavy (non-hydrogen) atoms. The highest BCUT2D eigenvalue weighted by atomic mass is 16.4. The molecule has 0 amide bonds. The first-order valence-electron chi connectivity index (χ1n) is 9.09. The number of carbonyl (C=O) groups is 4. The minimum atomic E-state index is -1.14. The molecule has 164 valence electrons. The monoisotopic (exact) mass is 406 g/mol. The second-order valence-corrected chi connectivity index (χ2v) is 7.70. The maximum absolute atomic E-state index is 10.6. The molecule has 0 fully saturated rings. The van der Waals surface area contributed by atoms with Crippen molar-refractivity contribution in [2.24, 2.45) is 35.1 Å². The van der Waals surface area contributed by atoms with Gasteiger partial charge in [0.25, 0.3) is 0 Å². The quantitative estimate of drug-likeness (QED) is 0.272. The molecule has 10 nitrogen and oxygen atoms in total. The topological polar surface area (TPSA) is 201 Å². The van der Waals surface area contributed by atoms with Crippen molar-refractivity contribution in [1.29, 1.82) is 0 Å². The molecule has 0 aromatic carbocycles. The molecule has 0 saturated heterocycles. The van der Waals surface area contributed by atoms with Gasteiger partial charge in [-0.15, -0.1) is 0 Å². The summed E-state index contributed by atoms with van der Waals surface area (Å²) in [5.41, 5.74) is 10.8. The molecule has 10 heteroatoms. The number of hydrogen-bond acceptors (Lipinski definition) is 6. The van der Waals surface area contributed by atoms with E-state index < -0.39 is 47.8 Å². The maximum atomic E-state index is 10.6. The largest absolute Gasteiger partial charge is 0.481 e. The third-order valence-corrected chi connectivity index (χ3v) is 4.01. The van der Waals surface area contributed by atoms with Crippen molar-refractivity contribution < 1.29 is 39.6 Å². The van der Waals surface area contributed by atoms with E-state index in [1.807, 2.05) is 27.7 Å². The van der Waals surface area contributed by atoms with Crippen LogP contribution in [0, 0.1) is 23.7 Å². The number of carboxylic acid groups (broad SMARTS) is 4. The molecule has 4 atom stereocenters. The normalized spacial score (nSPS) is 15.1. The van der Waals surface area contributed by atoms with E-state index in [0.29, 0.717) is 12.8 Å². The van der Waals surface area contributed by atoms with Crippen molar-refractivity contribution >= 4 is 23.9 Å². The fraction of sp³-hybridized carbons (Fsp3) is 0.778. The summed E-state index contributed by atoms with van der Waals surface area (Å²) in [6, 6.07) is -2.18. The summed E-state index contributed by atoms with van der Waals surface area (Å²) in [5.74, 6) is -4.81. The fourth-order valence-electron chi connectivity index (χ4n) is 2.78. The van der Waals surface area contributed by atoms with Crippen molar-refractivity contribution in [2.75, 3.05) is 0 Å². The molecule has 0 radical (unpaired) electrons. The van der Waals surface area contributed by atoms with Gasteiger partial charge in [0.15, 0.2) is 0 Å². The van der Waals surface area contributed by atoms with E-state index in [-0.39, 0.29) is 24.7 Å². The average Bonchev–Trinajstić information content (AvgIpc) is 2.50. The Morgan fingerprint density at radius 3 is 1.04 bits per heavy atom. The number of hydrogen-bond donors (Lipinski definition) is 6. The Balaban J connectivity index is 0. The first-order chi connectivity index (χ1) is 12.7. The van der Waals surface area contributed by atoms with Gasteiger partial charge in [-0.25, -0.2) is 0 Å². The molecule has 8 N–H and O–H groups in total. The van der Waals surface area contributed by atoms with E-state index in [1.54, 1.807) is 0 Å². The second-order valence-electron chi connectivity index (χ2n) is 7.70. The van der Waals surface area contributed by atoms with Crippen molar-refractivity contribution in [3.63, 3.8) is 0 Å². The van der Waals surface area contributed by atoms with Gasteiger partial charge < -0.3 is 31.9 Å². The molecule has 0 aromatic heterocycles. The zero-order chi connectivity index (χ0) is 22.6. The van der Waals surface area contributed by atoms with Crippen LogP contribution < -0.4 is 11.5 Å². The van der Waals surface area contributed by atoms with Crippen LogP contribution >= 0.6 is 0 Å². The highest BCUT2D eigenvalue weighted by molar-refractivity contribution is 5.76. The van der Waals surface area contributed by atoms with E-state index in [0.717, 1.165) is 0 Å². The summed E-state index contributed by atoms with van der Waals surface area (Å²) in [6.07, 6.45) is 0.650. The van der Waals surface area contributed by atoms with Crippen molar-refractivity contribution in [1.82, 2.24) is 0 Å². The van der Waals surface area contributed by atoms with E-state index >= 15 is 0 Å². The number of aliphatic carboxylic acids is 4. The van der Waals surface area contributed by atoms with Gasteiger partial charge in [0.2, 0.25) is 0 Å². The smallest absolute Gasteiger partial charge is 0.320 e. The van der Waals surface area contributed by atoms with Crippen LogP contribution in [0.25, 0.3) is 0 Å². The number of nitrogens with two attached hydrogens (primary N) is 2. The van der Waals surface area contributed by atoms with Gasteiger partial charge >= 0.3 is 23.9 Å². The van der Waals surface area contributed by atoms with Crippen LogP contribution in [-0.4, -0.2) is 56.4 Å². The van der Waals surface area contributed by atoms with Gasteiger partial charge in [-0.2, -0.15) is 0 Å². The Labute approximate surface area is 164 Å². The lowest BCUT2D eigenvalue weighted by molar-refractivity contribution is -0.144. The summed E-state index contributed by atoms with van der Waals surface area (Å²) in [7, 11) is 0. The second kappa shape index (κ2) is 13.9. The summed E-state index contributed by atoms with van der Waals surface area (Å²) < 4.78 is 0. The Morgan fingerprint density at radius 1 is 0.643 bits per heavy atom. The molecule has 0 spiro atoms. The van der Waals surface area contributed by atoms with Crippen molar-refractivity contribution in [3.8, 4) is 0 Å². The van der Waals surface area contributed by atoms with Crippen molar-refractivity contribution in [3.05, 3.63) is 0 Å². The Morgan fingerprint density at radius 2 is 0.893 bits per heavy atom. The van der Waals surface area contributed by atoms with Gasteiger partial charge in [-0.3, -0.25) is 19.2 Å². The van der Waals surface area contributed by atoms with E-state index in [4.69, 9.17) is 31.9 Å². The molecule has 0 aliphatic carbocycles. The molecule has 0 aliphatic heterocycles. The molecule has 0 rings (SSSR count). The van der Waals surface area contributed by atoms with E-state index in [9.17, 15) is 19.2 Å². The highest BCUT2D eigenvalue weighted by Crippen LogP contribution is 2.19. The van der Waals surface area contributed by atoms with Crippen molar-refractivity contribution in [2.45, 2.75) is 65.5 Å². The van der Waals surface area contributed by atoms with Crippen LogP contribution in [0.4, 0.5) is 0 Å². The van der Waals surface area contributed by atoms with Gasteiger partial charge in [0.1, 0.15) is 12.1 Å². The predicted octanol–water partition coefficient (Wildman–Crippen LogP) is 1.07. The molecular formula is C18H34N2O8. The SMILES string of the molecule is CC(C)CC(CC(=O)O)C(N)C(=O)O.CC(C)CC(CC(=O)O)C(N)C(=O)O. The van der Waals surface area contributed by atoms with Crippen LogP contribution in [0.3, 0.4) is 0 Å². The molecule has 0 aromatic rings. The van der Waals surface area contributed by atoms with Gasteiger partial charge in [0.05, 0.1) is 12.8 Å². The average molecular weight is 406 g/mol. The van der Waals surface area contributed by atoms with Gasteiger partial charge in [-0.1, -0.05) is 27.7 Å². The number of carboxylic acids is 4. The van der Waals surface area contributed by atoms with E-state index in [2.05, 4.69) is 0 Å². The predicted molar refractivity (Wildman–Crippen MR) is 102 cm³/mol. The molecule has 0 bridgehead atoms. The van der Waals surface area contributed by atoms with Crippen LogP contribution in [0.2, 0.25) is 0 Å². The Bertz CT molecular complexity index is 476. The number of rotatable bonds is 12. The molecule has 4 unspecified atom stereocenters. The first kappa shape index (κ1) is 28.0. The maximum Gasteiger partial charge on any atom is 0.320 e. The lowest BCUT2D eigenvalue weighted by atomic mass is 9.88. The summed E-state index contributed by atoms with van der Waals surface area (Å²) in [4.78, 5) is 42.1. The minimum absolute atomic E-state index is 0.189. The van der Waals surface area contributed by atoms with Crippen LogP contribution in [0.1, 0.15) is 53.4 Å². The zero-order valence-corrected chi connectivity index (χ0v) is 16.9. The standard InChI is InChI=1S/2C9H17NO4/c2*1-5(2)3-6(4-7(11)12)8(10)9(13)14/h2*5-6,8H,3-4,10H2,1-2H3,(H,11,12)(H,13,14). The molecule has 0 saturated carbocycles. The summed E-state index contributed by atoms with van der Waals surface area (Å²) >= 11 is 0. The van der Waals surface area contributed by atoms with Crippen LogP contribution in [0.15, 0.2) is 0 Å².